The van der Waals surface area contributed by atoms with Gasteiger partial charge in [-0.15, -0.1) is 0 Å². The zero-order chi connectivity index (χ0) is 22.5. The maximum absolute atomic E-state index is 12.4. The third kappa shape index (κ3) is 5.37. The van der Waals surface area contributed by atoms with E-state index >= 15 is 0 Å². The molecule has 3 aromatic rings. The molecular formula is C22H23Cl2N5O2. The molecule has 2 aromatic carbocycles. The minimum absolute atomic E-state index is 0.0954. The second-order valence-electron chi connectivity index (χ2n) is 6.93. The number of nitrogens with one attached hydrogen (secondary N) is 1. The van der Waals surface area contributed by atoms with E-state index in [9.17, 15) is 4.79 Å². The van der Waals surface area contributed by atoms with Gasteiger partial charge >= 0.3 is 6.09 Å². The van der Waals surface area contributed by atoms with Crippen molar-refractivity contribution in [1.82, 2.24) is 9.78 Å². The quantitative estimate of drug-likeness (QED) is 0.438. The van der Waals surface area contributed by atoms with Crippen LogP contribution in [-0.2, 0) is 17.9 Å². The van der Waals surface area contributed by atoms with Crippen molar-refractivity contribution in [2.75, 3.05) is 24.3 Å². The van der Waals surface area contributed by atoms with Crippen molar-refractivity contribution < 1.29 is 9.53 Å². The lowest BCUT2D eigenvalue weighted by atomic mass is 10.1. The lowest BCUT2D eigenvalue weighted by Crippen LogP contribution is -2.16. The van der Waals surface area contributed by atoms with E-state index in [2.05, 4.69) is 22.1 Å². The van der Waals surface area contributed by atoms with Crippen LogP contribution in [0, 0.1) is 0 Å². The number of nitrogens with zero attached hydrogens (tertiary/aromatic N) is 4. The molecule has 0 radical (unpaired) electrons. The molecule has 162 valence electrons. The largest absolute Gasteiger partial charge is 0.444 e. The topological polar surface area (TPSA) is 71.7 Å². The molecule has 0 aliphatic carbocycles. The van der Waals surface area contributed by atoms with Crippen molar-refractivity contribution in [1.29, 1.82) is 0 Å². The van der Waals surface area contributed by atoms with Gasteiger partial charge < -0.3 is 9.64 Å². The molecule has 7 nitrogen and oxygen atoms in total. The van der Waals surface area contributed by atoms with Gasteiger partial charge in [-0.25, -0.2) is 9.48 Å². The van der Waals surface area contributed by atoms with Gasteiger partial charge in [0.25, 0.3) is 0 Å². The Balaban J connectivity index is 1.71. The van der Waals surface area contributed by atoms with Crippen LogP contribution in [0.3, 0.4) is 0 Å². The fourth-order valence-corrected chi connectivity index (χ4v) is 3.55. The van der Waals surface area contributed by atoms with Crippen LogP contribution in [0.15, 0.2) is 47.5 Å². The lowest BCUT2D eigenvalue weighted by molar-refractivity contribution is 0.155. The lowest BCUT2D eigenvalue weighted by Gasteiger charge is -2.16. The summed E-state index contributed by atoms with van der Waals surface area (Å²) in [4.78, 5) is 18.4. The Kier molecular flexibility index (Phi) is 7.20. The predicted molar refractivity (Wildman–Crippen MR) is 127 cm³/mol. The highest BCUT2D eigenvalue weighted by molar-refractivity contribution is 6.36. The summed E-state index contributed by atoms with van der Waals surface area (Å²) in [6.45, 7) is 6.18. The first-order chi connectivity index (χ1) is 14.8. The molecule has 3 rings (SSSR count). The normalized spacial score (nSPS) is 10.6. The van der Waals surface area contributed by atoms with E-state index in [1.807, 2.05) is 44.1 Å². The summed E-state index contributed by atoms with van der Waals surface area (Å²) in [7, 11) is 3.85. The van der Waals surface area contributed by atoms with Crippen molar-refractivity contribution in [3.63, 3.8) is 0 Å². The summed E-state index contributed by atoms with van der Waals surface area (Å²) in [5.74, 6) is 0.505. The Morgan fingerprint density at radius 1 is 1.23 bits per heavy atom. The fraction of sp³-hybridized carbons (Fsp3) is 0.227. The molecular weight excluding hydrogens is 437 g/mol. The number of aliphatic imine (C=N–C) groups is 1. The molecule has 1 heterocycles. The number of ether oxygens (including phenoxy) is 1. The van der Waals surface area contributed by atoms with Gasteiger partial charge in [-0.1, -0.05) is 29.3 Å². The van der Waals surface area contributed by atoms with E-state index < -0.39 is 6.09 Å². The monoisotopic (exact) mass is 459 g/mol. The van der Waals surface area contributed by atoms with Crippen molar-refractivity contribution in [2.45, 2.75) is 20.1 Å². The van der Waals surface area contributed by atoms with Gasteiger partial charge in [0.05, 0.1) is 22.1 Å². The Morgan fingerprint density at radius 3 is 2.65 bits per heavy atom. The summed E-state index contributed by atoms with van der Waals surface area (Å²) >= 11 is 12.3. The Labute approximate surface area is 191 Å². The molecule has 0 aliphatic rings. The van der Waals surface area contributed by atoms with Crippen LogP contribution < -0.4 is 10.2 Å². The molecule has 0 bridgehead atoms. The highest BCUT2D eigenvalue weighted by Gasteiger charge is 2.15. The minimum atomic E-state index is -0.590. The molecule has 31 heavy (non-hydrogen) atoms. The number of hydrogen-bond acceptors (Lipinski definition) is 5. The first kappa shape index (κ1) is 22.7. The first-order valence-electron chi connectivity index (χ1n) is 9.56. The number of carbonyl (C=O) groups is 1. The van der Waals surface area contributed by atoms with E-state index in [1.165, 1.54) is 0 Å². The second kappa shape index (κ2) is 9.85. The van der Waals surface area contributed by atoms with E-state index in [-0.39, 0.29) is 6.61 Å². The minimum Gasteiger partial charge on any atom is -0.444 e. The summed E-state index contributed by atoms with van der Waals surface area (Å²) in [5.41, 5.74) is 3.81. The van der Waals surface area contributed by atoms with E-state index in [0.717, 1.165) is 22.5 Å². The number of halogens is 2. The fourth-order valence-electron chi connectivity index (χ4n) is 3.04. The van der Waals surface area contributed by atoms with Gasteiger partial charge in [-0.2, -0.15) is 5.10 Å². The second-order valence-corrected chi connectivity index (χ2v) is 7.78. The zero-order valence-corrected chi connectivity index (χ0v) is 19.0. The van der Waals surface area contributed by atoms with Crippen LogP contribution in [0.4, 0.5) is 22.0 Å². The highest BCUT2D eigenvalue weighted by Crippen LogP contribution is 2.31. The standard InChI is InChI=1S/C22H23Cl2N5O2/c1-5-29-21(12-18(27-29)16-8-7-15(23)11-17(16)24)26-22(30)31-13-14-6-9-20(28(3)4)19(10-14)25-2/h6-12H,2,5,13H2,1,3-4H3,(H,26,30). The summed E-state index contributed by atoms with van der Waals surface area (Å²) in [5, 5.41) is 8.26. The third-order valence-corrected chi connectivity index (χ3v) is 5.13. The Bertz CT molecular complexity index is 1110. The molecule has 1 amide bonds. The number of amides is 1. The number of hydrogen-bond donors (Lipinski definition) is 1. The summed E-state index contributed by atoms with van der Waals surface area (Å²) in [6, 6.07) is 12.6. The van der Waals surface area contributed by atoms with Gasteiger partial charge in [0.1, 0.15) is 12.4 Å². The molecule has 9 heteroatoms. The number of benzene rings is 2. The molecule has 0 aliphatic heterocycles. The number of carbonyl (C=O) groups excluding carboxylic acids is 1. The first-order valence-corrected chi connectivity index (χ1v) is 10.3. The van der Waals surface area contributed by atoms with E-state index in [1.54, 1.807) is 28.9 Å². The number of rotatable bonds is 7. The van der Waals surface area contributed by atoms with Crippen LogP contribution in [0.5, 0.6) is 0 Å². The molecule has 0 saturated heterocycles. The van der Waals surface area contributed by atoms with Crippen LogP contribution >= 0.6 is 23.2 Å². The van der Waals surface area contributed by atoms with Crippen molar-refractivity contribution in [3.05, 3.63) is 58.1 Å². The van der Waals surface area contributed by atoms with Crippen LogP contribution in [0.2, 0.25) is 10.0 Å². The van der Waals surface area contributed by atoms with Crippen molar-refractivity contribution in [2.24, 2.45) is 4.99 Å². The van der Waals surface area contributed by atoms with Crippen LogP contribution in [0.1, 0.15) is 12.5 Å². The summed E-state index contributed by atoms with van der Waals surface area (Å²) < 4.78 is 7.04. The molecule has 0 fully saturated rings. The Hall–Kier alpha value is -3.03. The predicted octanol–water partition coefficient (Wildman–Crippen LogP) is 6.02. The maximum Gasteiger partial charge on any atom is 0.413 e. The molecule has 1 N–H and O–H groups in total. The average Bonchev–Trinajstić information content (AvgIpc) is 3.14. The number of anilines is 2. The van der Waals surface area contributed by atoms with Crippen molar-refractivity contribution in [3.8, 4) is 11.3 Å². The number of aryl methyl sites for hydroxylation is 1. The molecule has 1 aromatic heterocycles. The van der Waals surface area contributed by atoms with Gasteiger partial charge in [0.2, 0.25) is 0 Å². The zero-order valence-electron chi connectivity index (χ0n) is 17.5. The molecule has 0 saturated carbocycles. The Morgan fingerprint density at radius 2 is 2.00 bits per heavy atom. The van der Waals surface area contributed by atoms with Gasteiger partial charge in [0, 0.05) is 37.3 Å². The van der Waals surface area contributed by atoms with E-state index in [0.29, 0.717) is 28.1 Å². The molecule has 0 atom stereocenters. The van der Waals surface area contributed by atoms with Gasteiger partial charge in [-0.3, -0.25) is 10.3 Å². The average molecular weight is 460 g/mol. The third-order valence-electron chi connectivity index (χ3n) is 4.58. The molecule has 0 unspecified atom stereocenters. The maximum atomic E-state index is 12.4. The van der Waals surface area contributed by atoms with Crippen LogP contribution in [-0.4, -0.2) is 36.7 Å². The van der Waals surface area contributed by atoms with E-state index in [4.69, 9.17) is 27.9 Å². The SMILES string of the molecule is C=Nc1cc(COC(=O)Nc2cc(-c3ccc(Cl)cc3Cl)nn2CC)ccc1N(C)C. The highest BCUT2D eigenvalue weighted by atomic mass is 35.5. The van der Waals surface area contributed by atoms with Gasteiger partial charge in [-0.05, 0) is 49.5 Å². The smallest absolute Gasteiger partial charge is 0.413 e. The van der Waals surface area contributed by atoms with Gasteiger partial charge in [0.15, 0.2) is 0 Å². The summed E-state index contributed by atoms with van der Waals surface area (Å²) in [6.07, 6.45) is -0.590. The molecule has 0 spiro atoms. The van der Waals surface area contributed by atoms with Crippen LogP contribution in [0.25, 0.3) is 11.3 Å². The number of aromatic nitrogens is 2. The van der Waals surface area contributed by atoms with Crippen molar-refractivity contribution >= 4 is 53.2 Å².